The van der Waals surface area contributed by atoms with Crippen LogP contribution >= 0.6 is 11.6 Å². The molecule has 3 rings (SSSR count). The van der Waals surface area contributed by atoms with Crippen molar-refractivity contribution >= 4 is 23.2 Å². The van der Waals surface area contributed by atoms with E-state index >= 15 is 0 Å². The number of nitrogens with zero attached hydrogens (tertiary/aromatic N) is 1. The molecular formula is C21H25ClN2O2. The number of carbonyl (C=O) groups excluding carboxylic acids is 1. The average molecular weight is 373 g/mol. The van der Waals surface area contributed by atoms with Crippen LogP contribution in [0.1, 0.15) is 24.0 Å². The quantitative estimate of drug-likeness (QED) is 0.839. The smallest absolute Gasteiger partial charge is 0.227 e. The van der Waals surface area contributed by atoms with Crippen molar-refractivity contribution in [3.05, 3.63) is 58.6 Å². The first-order chi connectivity index (χ1) is 12.5. The molecule has 26 heavy (non-hydrogen) atoms. The maximum absolute atomic E-state index is 12.6. The van der Waals surface area contributed by atoms with E-state index in [0.29, 0.717) is 5.02 Å². The average Bonchev–Trinajstić information content (AvgIpc) is 2.64. The maximum Gasteiger partial charge on any atom is 0.227 e. The first-order valence-corrected chi connectivity index (χ1v) is 9.35. The lowest BCUT2D eigenvalue weighted by Crippen LogP contribution is -2.37. The number of amides is 1. The molecule has 0 spiro atoms. The van der Waals surface area contributed by atoms with Crippen molar-refractivity contribution in [1.82, 2.24) is 4.90 Å². The van der Waals surface area contributed by atoms with Crippen LogP contribution in [0, 0.1) is 12.8 Å². The van der Waals surface area contributed by atoms with E-state index in [-0.39, 0.29) is 11.8 Å². The molecule has 0 saturated carbocycles. The highest BCUT2D eigenvalue weighted by Crippen LogP contribution is 2.24. The van der Waals surface area contributed by atoms with Crippen LogP contribution in [0.2, 0.25) is 5.02 Å². The molecule has 1 saturated heterocycles. The number of hydrogen-bond donors (Lipinski definition) is 1. The fourth-order valence-electron chi connectivity index (χ4n) is 3.38. The summed E-state index contributed by atoms with van der Waals surface area (Å²) in [5.41, 5.74) is 3.07. The summed E-state index contributed by atoms with van der Waals surface area (Å²) < 4.78 is 5.29. The molecule has 2 aromatic carbocycles. The van der Waals surface area contributed by atoms with E-state index in [4.69, 9.17) is 16.3 Å². The van der Waals surface area contributed by atoms with E-state index in [1.165, 1.54) is 5.56 Å². The fraction of sp³-hybridized carbons (Fsp3) is 0.381. The standard InChI is InChI=1S/C21H25ClN2O2/c1-15-12-18(22)6-7-20(15)23-21(25)17-8-10-24(11-9-17)14-16-4-3-5-19(13-16)26-2/h3-7,12-13,17H,8-11,14H2,1-2H3,(H,23,25). The Labute approximate surface area is 160 Å². The van der Waals surface area contributed by atoms with Gasteiger partial charge in [-0.2, -0.15) is 0 Å². The van der Waals surface area contributed by atoms with Gasteiger partial charge in [-0.15, -0.1) is 0 Å². The summed E-state index contributed by atoms with van der Waals surface area (Å²) in [5.74, 6) is 1.05. The van der Waals surface area contributed by atoms with Crippen molar-refractivity contribution in [2.75, 3.05) is 25.5 Å². The number of hydrogen-bond acceptors (Lipinski definition) is 3. The Bertz CT molecular complexity index is 770. The van der Waals surface area contributed by atoms with Gasteiger partial charge in [-0.05, 0) is 74.3 Å². The second-order valence-corrected chi connectivity index (χ2v) is 7.29. The Kier molecular flexibility index (Phi) is 6.17. The Morgan fingerprint density at radius 3 is 2.69 bits per heavy atom. The first-order valence-electron chi connectivity index (χ1n) is 8.97. The summed E-state index contributed by atoms with van der Waals surface area (Å²) in [6.07, 6.45) is 1.75. The number of methoxy groups -OCH3 is 1. The summed E-state index contributed by atoms with van der Waals surface area (Å²) >= 11 is 5.98. The number of aryl methyl sites for hydroxylation is 1. The molecular weight excluding hydrogens is 348 g/mol. The van der Waals surface area contributed by atoms with Crippen LogP contribution in [0.5, 0.6) is 5.75 Å². The number of nitrogens with one attached hydrogen (secondary N) is 1. The molecule has 0 atom stereocenters. The van der Waals surface area contributed by atoms with Crippen molar-refractivity contribution in [3.63, 3.8) is 0 Å². The molecule has 1 N–H and O–H groups in total. The van der Waals surface area contributed by atoms with Gasteiger partial charge in [0, 0.05) is 23.2 Å². The predicted molar refractivity (Wildman–Crippen MR) is 106 cm³/mol. The van der Waals surface area contributed by atoms with Crippen LogP contribution in [0.3, 0.4) is 0 Å². The first kappa shape index (κ1) is 18.7. The van der Waals surface area contributed by atoms with Gasteiger partial charge >= 0.3 is 0 Å². The second-order valence-electron chi connectivity index (χ2n) is 6.85. The lowest BCUT2D eigenvalue weighted by molar-refractivity contribution is -0.121. The van der Waals surface area contributed by atoms with Gasteiger partial charge in [-0.3, -0.25) is 9.69 Å². The van der Waals surface area contributed by atoms with Gasteiger partial charge in [-0.25, -0.2) is 0 Å². The highest BCUT2D eigenvalue weighted by Gasteiger charge is 2.25. The topological polar surface area (TPSA) is 41.6 Å². The normalized spacial score (nSPS) is 15.7. The number of benzene rings is 2. The number of ether oxygens (including phenoxy) is 1. The molecule has 1 aliphatic heterocycles. The van der Waals surface area contributed by atoms with Gasteiger partial charge in [0.15, 0.2) is 0 Å². The maximum atomic E-state index is 12.6. The SMILES string of the molecule is COc1cccc(CN2CCC(C(=O)Nc3ccc(Cl)cc3C)CC2)c1. The monoisotopic (exact) mass is 372 g/mol. The minimum atomic E-state index is 0.0617. The molecule has 1 heterocycles. The van der Waals surface area contributed by atoms with Crippen LogP contribution in [0.25, 0.3) is 0 Å². The van der Waals surface area contributed by atoms with Crippen LogP contribution in [0.15, 0.2) is 42.5 Å². The van der Waals surface area contributed by atoms with Gasteiger partial charge in [0.25, 0.3) is 0 Å². The lowest BCUT2D eigenvalue weighted by Gasteiger charge is -2.31. The van der Waals surface area contributed by atoms with Gasteiger partial charge in [-0.1, -0.05) is 23.7 Å². The predicted octanol–water partition coefficient (Wildman–Crippen LogP) is 4.51. The Hall–Kier alpha value is -2.04. The van der Waals surface area contributed by atoms with Crippen LogP contribution in [-0.2, 0) is 11.3 Å². The third-order valence-corrected chi connectivity index (χ3v) is 5.18. The molecule has 1 fully saturated rings. The zero-order valence-electron chi connectivity index (χ0n) is 15.3. The van der Waals surface area contributed by atoms with E-state index in [9.17, 15) is 4.79 Å². The molecule has 1 amide bonds. The molecule has 2 aromatic rings. The molecule has 138 valence electrons. The lowest BCUT2D eigenvalue weighted by atomic mass is 9.95. The molecule has 0 aromatic heterocycles. The summed E-state index contributed by atoms with van der Waals surface area (Å²) in [6.45, 7) is 4.70. The van der Waals surface area contributed by atoms with Crippen molar-refractivity contribution in [2.45, 2.75) is 26.3 Å². The Morgan fingerprint density at radius 2 is 2.00 bits per heavy atom. The number of piperidine rings is 1. The Morgan fingerprint density at radius 1 is 1.23 bits per heavy atom. The second kappa shape index (κ2) is 8.56. The van der Waals surface area contributed by atoms with Gasteiger partial charge in [0.1, 0.15) is 5.75 Å². The van der Waals surface area contributed by atoms with E-state index in [0.717, 1.165) is 49.5 Å². The van der Waals surface area contributed by atoms with Gasteiger partial charge in [0.2, 0.25) is 5.91 Å². The number of rotatable bonds is 5. The number of likely N-dealkylation sites (tertiary alicyclic amines) is 1. The van der Waals surface area contributed by atoms with E-state index in [1.54, 1.807) is 13.2 Å². The summed E-state index contributed by atoms with van der Waals surface area (Å²) in [6, 6.07) is 13.7. The number of halogens is 1. The highest BCUT2D eigenvalue weighted by molar-refractivity contribution is 6.30. The highest BCUT2D eigenvalue weighted by atomic mass is 35.5. The molecule has 0 radical (unpaired) electrons. The Balaban J connectivity index is 1.52. The largest absolute Gasteiger partial charge is 0.497 e. The summed E-state index contributed by atoms with van der Waals surface area (Å²) in [5, 5.41) is 3.74. The molecule has 0 aliphatic carbocycles. The third kappa shape index (κ3) is 4.77. The molecule has 0 bridgehead atoms. The van der Waals surface area contributed by atoms with Crippen LogP contribution < -0.4 is 10.1 Å². The number of anilines is 1. The minimum absolute atomic E-state index is 0.0617. The molecule has 4 nitrogen and oxygen atoms in total. The van der Waals surface area contributed by atoms with E-state index < -0.39 is 0 Å². The van der Waals surface area contributed by atoms with Crippen molar-refractivity contribution in [1.29, 1.82) is 0 Å². The van der Waals surface area contributed by atoms with Crippen molar-refractivity contribution in [2.24, 2.45) is 5.92 Å². The summed E-state index contributed by atoms with van der Waals surface area (Å²) in [7, 11) is 1.69. The van der Waals surface area contributed by atoms with Crippen molar-refractivity contribution < 1.29 is 9.53 Å². The summed E-state index contributed by atoms with van der Waals surface area (Å²) in [4.78, 5) is 15.0. The molecule has 5 heteroatoms. The molecule has 1 aliphatic rings. The minimum Gasteiger partial charge on any atom is -0.497 e. The van der Waals surface area contributed by atoms with Crippen molar-refractivity contribution in [3.8, 4) is 5.75 Å². The fourth-order valence-corrected chi connectivity index (χ4v) is 3.61. The van der Waals surface area contributed by atoms with Crippen LogP contribution in [-0.4, -0.2) is 31.0 Å². The number of carbonyl (C=O) groups is 1. The van der Waals surface area contributed by atoms with Gasteiger partial charge in [0.05, 0.1) is 7.11 Å². The van der Waals surface area contributed by atoms with Gasteiger partial charge < -0.3 is 10.1 Å². The zero-order valence-corrected chi connectivity index (χ0v) is 16.1. The third-order valence-electron chi connectivity index (χ3n) is 4.95. The van der Waals surface area contributed by atoms with Crippen LogP contribution in [0.4, 0.5) is 5.69 Å². The van der Waals surface area contributed by atoms with E-state index in [2.05, 4.69) is 22.3 Å². The van der Waals surface area contributed by atoms with E-state index in [1.807, 2.05) is 31.2 Å². The zero-order chi connectivity index (χ0) is 18.5. The molecule has 0 unspecified atom stereocenters.